The van der Waals surface area contributed by atoms with E-state index in [2.05, 4.69) is 5.32 Å². The Morgan fingerprint density at radius 2 is 2.16 bits per heavy atom. The number of ether oxygens (including phenoxy) is 1. The second-order valence-electron chi connectivity index (χ2n) is 3.63. The fourth-order valence-electron chi connectivity index (χ4n) is 1.29. The topological polar surface area (TPSA) is 75.6 Å². The number of benzene rings is 1. The number of nitrogens with one attached hydrogen (secondary N) is 1. The molecule has 0 spiro atoms. The molecule has 0 radical (unpaired) electrons. The second kappa shape index (κ2) is 8.04. The molecule has 0 aliphatic rings. The lowest BCUT2D eigenvalue weighted by Crippen LogP contribution is -2.15. The highest BCUT2D eigenvalue weighted by atomic mass is 35.5. The number of aromatic carboxylic acids is 1. The van der Waals surface area contributed by atoms with Crippen LogP contribution in [0.2, 0.25) is 5.02 Å². The van der Waals surface area contributed by atoms with E-state index in [0.717, 1.165) is 5.75 Å². The van der Waals surface area contributed by atoms with Gasteiger partial charge in [-0.25, -0.2) is 4.79 Å². The van der Waals surface area contributed by atoms with E-state index in [1.807, 2.05) is 0 Å². The summed E-state index contributed by atoms with van der Waals surface area (Å²) in [6, 6.07) is 4.20. The van der Waals surface area contributed by atoms with Gasteiger partial charge in [0.15, 0.2) is 0 Å². The van der Waals surface area contributed by atoms with Gasteiger partial charge in [-0.2, -0.15) is 0 Å². The molecule has 1 amide bonds. The average Bonchev–Trinajstić information content (AvgIpc) is 2.34. The van der Waals surface area contributed by atoms with E-state index in [9.17, 15) is 9.59 Å². The maximum Gasteiger partial charge on any atom is 0.335 e. The number of hydrogen-bond donors (Lipinski definition) is 2. The molecule has 104 valence electrons. The Labute approximate surface area is 120 Å². The quantitative estimate of drug-likeness (QED) is 0.756. The molecule has 0 unspecified atom stereocenters. The molecule has 19 heavy (non-hydrogen) atoms. The molecular formula is C12H14ClNO4S. The highest BCUT2D eigenvalue weighted by Crippen LogP contribution is 2.19. The van der Waals surface area contributed by atoms with Crippen LogP contribution in [0.1, 0.15) is 10.4 Å². The smallest absolute Gasteiger partial charge is 0.335 e. The van der Waals surface area contributed by atoms with Gasteiger partial charge in [-0.3, -0.25) is 4.79 Å². The third kappa shape index (κ3) is 5.96. The molecule has 1 rings (SSSR count). The van der Waals surface area contributed by atoms with E-state index in [-0.39, 0.29) is 22.2 Å². The van der Waals surface area contributed by atoms with E-state index in [4.69, 9.17) is 21.4 Å². The summed E-state index contributed by atoms with van der Waals surface area (Å²) < 4.78 is 4.86. The number of halogens is 1. The summed E-state index contributed by atoms with van der Waals surface area (Å²) in [5.74, 6) is -0.301. The van der Waals surface area contributed by atoms with Crippen LogP contribution in [0.4, 0.5) is 5.69 Å². The van der Waals surface area contributed by atoms with Crippen LogP contribution in [0.3, 0.4) is 0 Å². The second-order valence-corrected chi connectivity index (χ2v) is 5.17. The van der Waals surface area contributed by atoms with Gasteiger partial charge >= 0.3 is 5.97 Å². The molecule has 0 saturated carbocycles. The van der Waals surface area contributed by atoms with Crippen molar-refractivity contribution >= 4 is 40.9 Å². The summed E-state index contributed by atoms with van der Waals surface area (Å²) in [6.07, 6.45) is 0. The Hall–Kier alpha value is -1.24. The Balaban J connectivity index is 2.56. The number of anilines is 1. The van der Waals surface area contributed by atoms with Gasteiger partial charge < -0.3 is 15.2 Å². The zero-order valence-corrected chi connectivity index (χ0v) is 11.9. The van der Waals surface area contributed by atoms with Gasteiger partial charge in [-0.15, -0.1) is 11.8 Å². The number of methoxy groups -OCH3 is 1. The number of carboxylic acids is 1. The Bertz CT molecular complexity index is 467. The molecule has 0 aliphatic carbocycles. The number of carbonyl (C=O) groups is 2. The molecule has 0 fully saturated rings. The maximum atomic E-state index is 11.6. The molecule has 0 aromatic heterocycles. The molecule has 0 saturated heterocycles. The van der Waals surface area contributed by atoms with Crippen LogP contribution in [-0.2, 0) is 9.53 Å². The van der Waals surface area contributed by atoms with E-state index < -0.39 is 5.97 Å². The lowest BCUT2D eigenvalue weighted by molar-refractivity contribution is -0.113. The summed E-state index contributed by atoms with van der Waals surface area (Å²) >= 11 is 7.22. The Morgan fingerprint density at radius 1 is 1.42 bits per heavy atom. The van der Waals surface area contributed by atoms with Crippen LogP contribution in [0.25, 0.3) is 0 Å². The number of rotatable bonds is 7. The minimum absolute atomic E-state index is 0.0369. The predicted molar refractivity (Wildman–Crippen MR) is 76.2 cm³/mol. The monoisotopic (exact) mass is 303 g/mol. The van der Waals surface area contributed by atoms with Gasteiger partial charge in [-0.05, 0) is 18.2 Å². The van der Waals surface area contributed by atoms with E-state index >= 15 is 0 Å². The van der Waals surface area contributed by atoms with E-state index in [0.29, 0.717) is 12.3 Å². The normalized spacial score (nSPS) is 10.2. The van der Waals surface area contributed by atoms with Gasteiger partial charge in [0.2, 0.25) is 5.91 Å². The summed E-state index contributed by atoms with van der Waals surface area (Å²) in [4.78, 5) is 22.5. The first kappa shape index (κ1) is 15.8. The van der Waals surface area contributed by atoms with Crippen LogP contribution in [0.15, 0.2) is 18.2 Å². The molecule has 0 aliphatic heterocycles. The summed E-state index contributed by atoms with van der Waals surface area (Å²) in [5, 5.41) is 11.8. The number of thioether (sulfide) groups is 1. The van der Waals surface area contributed by atoms with Gasteiger partial charge in [0.1, 0.15) is 0 Å². The van der Waals surface area contributed by atoms with Crippen LogP contribution >= 0.6 is 23.4 Å². The highest BCUT2D eigenvalue weighted by molar-refractivity contribution is 7.99. The maximum absolute atomic E-state index is 11.6. The van der Waals surface area contributed by atoms with Crippen molar-refractivity contribution in [2.24, 2.45) is 0 Å². The molecule has 2 N–H and O–H groups in total. The van der Waals surface area contributed by atoms with Crippen LogP contribution in [-0.4, -0.2) is 42.2 Å². The molecule has 7 heteroatoms. The SMILES string of the molecule is COCCSCC(=O)Nc1cc(Cl)cc(C(=O)O)c1. The molecule has 0 bridgehead atoms. The minimum Gasteiger partial charge on any atom is -0.478 e. The number of carboxylic acid groups (broad SMARTS) is 1. The zero-order valence-electron chi connectivity index (χ0n) is 10.3. The standard InChI is InChI=1S/C12H14ClNO4S/c1-18-2-3-19-7-11(15)14-10-5-8(12(16)17)4-9(13)6-10/h4-6H,2-3,7H2,1H3,(H,14,15)(H,16,17). The molecular weight excluding hydrogens is 290 g/mol. The first-order chi connectivity index (χ1) is 9.02. The van der Waals surface area contributed by atoms with Gasteiger partial charge in [-0.1, -0.05) is 11.6 Å². The summed E-state index contributed by atoms with van der Waals surface area (Å²) in [5.41, 5.74) is 0.414. The van der Waals surface area contributed by atoms with Crippen molar-refractivity contribution in [3.05, 3.63) is 28.8 Å². The number of hydrogen-bond acceptors (Lipinski definition) is 4. The van der Waals surface area contributed by atoms with Crippen molar-refractivity contribution in [1.29, 1.82) is 0 Å². The fraction of sp³-hybridized carbons (Fsp3) is 0.333. The van der Waals surface area contributed by atoms with Crippen LogP contribution in [0.5, 0.6) is 0 Å². The van der Waals surface area contributed by atoms with Crippen molar-refractivity contribution in [3.8, 4) is 0 Å². The lowest BCUT2D eigenvalue weighted by atomic mass is 10.2. The van der Waals surface area contributed by atoms with Crippen molar-refractivity contribution < 1.29 is 19.4 Å². The Kier molecular flexibility index (Phi) is 6.69. The lowest BCUT2D eigenvalue weighted by Gasteiger charge is -2.07. The van der Waals surface area contributed by atoms with Gasteiger partial charge in [0.25, 0.3) is 0 Å². The number of amides is 1. The third-order valence-electron chi connectivity index (χ3n) is 2.09. The van der Waals surface area contributed by atoms with Gasteiger partial charge in [0.05, 0.1) is 17.9 Å². The summed E-state index contributed by atoms with van der Waals surface area (Å²) in [7, 11) is 1.60. The van der Waals surface area contributed by atoms with E-state index in [1.54, 1.807) is 7.11 Å². The predicted octanol–water partition coefficient (Wildman–Crippen LogP) is 2.36. The molecule has 1 aromatic carbocycles. The third-order valence-corrected chi connectivity index (χ3v) is 3.23. The first-order valence-electron chi connectivity index (χ1n) is 5.43. The van der Waals surface area contributed by atoms with Crippen LogP contribution < -0.4 is 5.32 Å². The molecule has 0 heterocycles. The van der Waals surface area contributed by atoms with E-state index in [1.165, 1.54) is 30.0 Å². The van der Waals surface area contributed by atoms with Gasteiger partial charge in [0, 0.05) is 23.6 Å². The zero-order chi connectivity index (χ0) is 14.3. The van der Waals surface area contributed by atoms with Crippen LogP contribution in [0, 0.1) is 0 Å². The molecule has 1 aromatic rings. The fourth-order valence-corrected chi connectivity index (χ4v) is 2.21. The first-order valence-corrected chi connectivity index (χ1v) is 6.96. The van der Waals surface area contributed by atoms with Crippen molar-refractivity contribution in [2.45, 2.75) is 0 Å². The molecule has 0 atom stereocenters. The molecule has 5 nitrogen and oxygen atoms in total. The number of carbonyl (C=O) groups excluding carboxylic acids is 1. The summed E-state index contributed by atoms with van der Waals surface area (Å²) in [6.45, 7) is 0.582. The Morgan fingerprint density at radius 3 is 2.79 bits per heavy atom. The van der Waals surface area contributed by atoms with Crippen molar-refractivity contribution in [3.63, 3.8) is 0 Å². The minimum atomic E-state index is -1.09. The average molecular weight is 304 g/mol. The van der Waals surface area contributed by atoms with Crippen molar-refractivity contribution in [2.75, 3.05) is 30.5 Å². The largest absolute Gasteiger partial charge is 0.478 e. The van der Waals surface area contributed by atoms with Crippen molar-refractivity contribution in [1.82, 2.24) is 0 Å². The highest BCUT2D eigenvalue weighted by Gasteiger charge is 2.08.